The number of fused-ring (bicyclic) bond motifs is 3. The Morgan fingerprint density at radius 2 is 2.33 bits per heavy atom. The first-order valence-corrected chi connectivity index (χ1v) is 4.98. The minimum absolute atomic E-state index is 0.0257. The molecule has 0 aromatic heterocycles. The topological polar surface area (TPSA) is 47.6 Å². The van der Waals surface area contributed by atoms with E-state index in [4.69, 9.17) is 10.5 Å². The first-order chi connectivity index (χ1) is 7.22. The van der Waals surface area contributed by atoms with Crippen molar-refractivity contribution in [2.24, 2.45) is 4.99 Å². The summed E-state index contributed by atoms with van der Waals surface area (Å²) in [4.78, 5) is 4.11. The number of nitrogen functional groups attached to an aromatic ring is 1. The van der Waals surface area contributed by atoms with Crippen molar-refractivity contribution in [1.29, 1.82) is 0 Å². The molecule has 2 N–H and O–H groups in total. The van der Waals surface area contributed by atoms with E-state index in [1.54, 1.807) is 6.20 Å². The van der Waals surface area contributed by atoms with Crippen molar-refractivity contribution in [1.82, 2.24) is 0 Å². The maximum absolute atomic E-state index is 6.01. The number of hydrogen-bond acceptors (Lipinski definition) is 3. The average Bonchev–Trinajstić information content (AvgIpc) is 2.51. The third-order valence-corrected chi connectivity index (χ3v) is 3.17. The molecule has 1 aromatic carbocycles. The molecule has 0 bridgehead atoms. The SMILES string of the molecule is CC12C=CN=CC1Oc1cccc(N)c12. The van der Waals surface area contributed by atoms with Gasteiger partial charge in [0.25, 0.3) is 0 Å². The quantitative estimate of drug-likeness (QED) is 0.650. The highest BCUT2D eigenvalue weighted by Crippen LogP contribution is 2.47. The summed E-state index contributed by atoms with van der Waals surface area (Å²) in [5.41, 5.74) is 7.71. The average molecular weight is 200 g/mol. The molecule has 0 saturated heterocycles. The van der Waals surface area contributed by atoms with Gasteiger partial charge >= 0.3 is 0 Å². The number of ether oxygens (including phenoxy) is 1. The number of benzene rings is 1. The number of hydrogen-bond donors (Lipinski definition) is 1. The lowest BCUT2D eigenvalue weighted by Gasteiger charge is -2.26. The van der Waals surface area contributed by atoms with Crippen LogP contribution in [0.5, 0.6) is 5.75 Å². The van der Waals surface area contributed by atoms with Crippen molar-refractivity contribution in [3.8, 4) is 5.75 Å². The van der Waals surface area contributed by atoms with Crippen LogP contribution in [0.3, 0.4) is 0 Å². The van der Waals surface area contributed by atoms with Crippen LogP contribution in [0, 0.1) is 0 Å². The molecule has 2 unspecified atom stereocenters. The van der Waals surface area contributed by atoms with Gasteiger partial charge in [-0.1, -0.05) is 12.1 Å². The van der Waals surface area contributed by atoms with Gasteiger partial charge in [0.15, 0.2) is 0 Å². The highest BCUT2D eigenvalue weighted by atomic mass is 16.5. The summed E-state index contributed by atoms with van der Waals surface area (Å²) in [6.45, 7) is 2.13. The summed E-state index contributed by atoms with van der Waals surface area (Å²) >= 11 is 0. The molecule has 1 aromatic rings. The van der Waals surface area contributed by atoms with Crippen molar-refractivity contribution in [3.63, 3.8) is 0 Å². The van der Waals surface area contributed by atoms with Gasteiger partial charge in [-0.15, -0.1) is 0 Å². The van der Waals surface area contributed by atoms with E-state index in [0.29, 0.717) is 0 Å². The van der Waals surface area contributed by atoms with Gasteiger partial charge in [0.1, 0.15) is 11.9 Å². The summed E-state index contributed by atoms with van der Waals surface area (Å²) < 4.78 is 5.81. The van der Waals surface area contributed by atoms with Gasteiger partial charge in [-0.05, 0) is 19.1 Å². The van der Waals surface area contributed by atoms with Crippen LogP contribution < -0.4 is 10.5 Å². The maximum atomic E-state index is 6.01. The molecule has 2 heterocycles. The van der Waals surface area contributed by atoms with Crippen LogP contribution in [0.2, 0.25) is 0 Å². The van der Waals surface area contributed by atoms with E-state index >= 15 is 0 Å². The number of anilines is 1. The van der Waals surface area contributed by atoms with E-state index < -0.39 is 0 Å². The largest absolute Gasteiger partial charge is 0.483 e. The number of nitrogens with zero attached hydrogens (tertiary/aromatic N) is 1. The Hall–Kier alpha value is -1.77. The molecule has 2 aliphatic heterocycles. The fraction of sp³-hybridized carbons (Fsp3) is 0.250. The van der Waals surface area contributed by atoms with E-state index in [1.807, 2.05) is 24.4 Å². The second kappa shape index (κ2) is 2.63. The van der Waals surface area contributed by atoms with Crippen molar-refractivity contribution in [2.75, 3.05) is 5.73 Å². The predicted molar refractivity (Wildman–Crippen MR) is 60.3 cm³/mol. The zero-order valence-electron chi connectivity index (χ0n) is 8.47. The lowest BCUT2D eigenvalue weighted by Crippen LogP contribution is -2.36. The Kier molecular flexibility index (Phi) is 1.49. The van der Waals surface area contributed by atoms with E-state index in [9.17, 15) is 0 Å². The van der Waals surface area contributed by atoms with Crippen LogP contribution in [-0.4, -0.2) is 12.3 Å². The molecular weight excluding hydrogens is 188 g/mol. The number of rotatable bonds is 0. The molecule has 0 radical (unpaired) electrons. The molecule has 0 saturated carbocycles. The zero-order chi connectivity index (χ0) is 10.5. The van der Waals surface area contributed by atoms with Crippen LogP contribution >= 0.6 is 0 Å². The maximum Gasteiger partial charge on any atom is 0.147 e. The van der Waals surface area contributed by atoms with Gasteiger partial charge in [0.05, 0.1) is 5.41 Å². The third kappa shape index (κ3) is 0.975. The fourth-order valence-corrected chi connectivity index (χ4v) is 2.31. The summed E-state index contributed by atoms with van der Waals surface area (Å²) in [7, 11) is 0. The summed E-state index contributed by atoms with van der Waals surface area (Å²) in [6, 6.07) is 5.78. The predicted octanol–water partition coefficient (Wildman–Crippen LogP) is 1.89. The van der Waals surface area contributed by atoms with E-state index in [-0.39, 0.29) is 11.5 Å². The number of aliphatic imine (C=N–C) groups is 1. The number of nitrogens with two attached hydrogens (primary N) is 1. The minimum atomic E-state index is -0.164. The second-order valence-electron chi connectivity index (χ2n) is 4.16. The van der Waals surface area contributed by atoms with Gasteiger partial charge in [0, 0.05) is 23.7 Å². The first-order valence-electron chi connectivity index (χ1n) is 4.98. The Labute approximate surface area is 88.3 Å². The molecule has 2 aliphatic rings. The summed E-state index contributed by atoms with van der Waals surface area (Å²) in [6.07, 6.45) is 5.67. The molecule has 3 nitrogen and oxygen atoms in total. The highest BCUT2D eigenvalue weighted by Gasteiger charge is 2.45. The van der Waals surface area contributed by atoms with E-state index in [1.165, 1.54) is 0 Å². The fourth-order valence-electron chi connectivity index (χ4n) is 2.31. The van der Waals surface area contributed by atoms with Gasteiger partial charge < -0.3 is 10.5 Å². The normalized spacial score (nSPS) is 30.9. The Morgan fingerprint density at radius 3 is 3.20 bits per heavy atom. The lowest BCUT2D eigenvalue weighted by molar-refractivity contribution is 0.251. The molecule has 0 fully saturated rings. The first kappa shape index (κ1) is 8.53. The lowest BCUT2D eigenvalue weighted by atomic mass is 9.78. The third-order valence-electron chi connectivity index (χ3n) is 3.17. The van der Waals surface area contributed by atoms with Crippen LogP contribution in [0.1, 0.15) is 12.5 Å². The van der Waals surface area contributed by atoms with Crippen molar-refractivity contribution in [2.45, 2.75) is 18.4 Å². The Bertz CT molecular complexity index is 479. The van der Waals surface area contributed by atoms with Gasteiger partial charge in [-0.25, -0.2) is 0 Å². The van der Waals surface area contributed by atoms with Gasteiger partial charge in [-0.3, -0.25) is 4.99 Å². The molecule has 3 rings (SSSR count). The Balaban J connectivity index is 2.25. The van der Waals surface area contributed by atoms with Crippen LogP contribution in [-0.2, 0) is 5.41 Å². The van der Waals surface area contributed by atoms with Gasteiger partial charge in [0.2, 0.25) is 0 Å². The molecule has 15 heavy (non-hydrogen) atoms. The van der Waals surface area contributed by atoms with Crippen molar-refractivity contribution in [3.05, 3.63) is 36.0 Å². The minimum Gasteiger partial charge on any atom is -0.483 e. The molecule has 2 atom stereocenters. The summed E-state index contributed by atoms with van der Waals surface area (Å²) in [5.74, 6) is 0.875. The molecule has 76 valence electrons. The monoisotopic (exact) mass is 200 g/mol. The van der Waals surface area contributed by atoms with Gasteiger partial charge in [-0.2, -0.15) is 0 Å². The molecule has 0 spiro atoms. The standard InChI is InChI=1S/C12H12N2O/c1-12-5-6-14-7-10(12)15-9-4-2-3-8(13)11(9)12/h2-7,10H,13H2,1H3. The molecule has 0 aliphatic carbocycles. The summed E-state index contributed by atoms with van der Waals surface area (Å²) in [5, 5.41) is 0. The Morgan fingerprint density at radius 1 is 1.47 bits per heavy atom. The molecule has 0 amide bonds. The smallest absolute Gasteiger partial charge is 0.147 e. The zero-order valence-corrected chi connectivity index (χ0v) is 8.47. The highest BCUT2D eigenvalue weighted by molar-refractivity contribution is 5.76. The molecule has 3 heteroatoms. The van der Waals surface area contributed by atoms with Crippen molar-refractivity contribution >= 4 is 11.9 Å². The van der Waals surface area contributed by atoms with E-state index in [0.717, 1.165) is 17.0 Å². The van der Waals surface area contributed by atoms with Crippen LogP contribution in [0.25, 0.3) is 0 Å². The second-order valence-corrected chi connectivity index (χ2v) is 4.16. The van der Waals surface area contributed by atoms with E-state index in [2.05, 4.69) is 18.0 Å². The van der Waals surface area contributed by atoms with Crippen LogP contribution in [0.15, 0.2) is 35.5 Å². The van der Waals surface area contributed by atoms with Crippen molar-refractivity contribution < 1.29 is 4.74 Å². The van der Waals surface area contributed by atoms with Crippen LogP contribution in [0.4, 0.5) is 5.69 Å². The molecular formula is C12H12N2O.